The van der Waals surface area contributed by atoms with Gasteiger partial charge in [0.15, 0.2) is 0 Å². The largest absolute Gasteiger partial charge is 0.335 e. The normalized spacial score (nSPS) is 19.1. The summed E-state index contributed by atoms with van der Waals surface area (Å²) in [5.41, 5.74) is -0.123. The van der Waals surface area contributed by atoms with Crippen LogP contribution in [0.15, 0.2) is 18.2 Å². The van der Waals surface area contributed by atoms with Gasteiger partial charge < -0.3 is 4.90 Å². The molecule has 5 nitrogen and oxygen atoms in total. The lowest BCUT2D eigenvalue weighted by atomic mass is 10.1. The number of benzene rings is 1. The summed E-state index contributed by atoms with van der Waals surface area (Å²) in [4.78, 5) is 25.1. The number of nitro groups is 1. The number of alkyl halides is 1. The predicted molar refractivity (Wildman–Crippen MR) is 85.2 cm³/mol. The van der Waals surface area contributed by atoms with Crippen molar-refractivity contribution < 1.29 is 9.72 Å². The molecule has 0 radical (unpaired) electrons. The summed E-state index contributed by atoms with van der Waals surface area (Å²) in [7, 11) is 0. The Kier molecular flexibility index (Phi) is 5.58. The number of halogens is 2. The van der Waals surface area contributed by atoms with Gasteiger partial charge in [-0.15, -0.1) is 0 Å². The van der Waals surface area contributed by atoms with E-state index in [1.165, 1.54) is 18.2 Å². The fourth-order valence-electron chi connectivity index (χ4n) is 2.60. The standard InChI is InChI=1S/C14H16BrClN2O3/c15-9-11-4-2-1-3-7-17(11)14(19)12-6-5-10(16)8-13(12)18(20)21/h5-6,8,11H,1-4,7,9H2. The summed E-state index contributed by atoms with van der Waals surface area (Å²) in [6, 6.07) is 4.27. The molecule has 1 saturated heterocycles. The zero-order valence-electron chi connectivity index (χ0n) is 11.4. The van der Waals surface area contributed by atoms with Crippen LogP contribution in [0, 0.1) is 10.1 Å². The summed E-state index contributed by atoms with van der Waals surface area (Å²) in [5, 5.41) is 12.1. The zero-order chi connectivity index (χ0) is 15.4. The van der Waals surface area contributed by atoms with Crippen molar-refractivity contribution >= 4 is 39.1 Å². The van der Waals surface area contributed by atoms with E-state index in [-0.39, 0.29) is 28.2 Å². The van der Waals surface area contributed by atoms with Crippen LogP contribution in [0.2, 0.25) is 5.02 Å². The van der Waals surface area contributed by atoms with E-state index < -0.39 is 4.92 Å². The minimum absolute atomic E-state index is 0.0790. The van der Waals surface area contributed by atoms with Gasteiger partial charge in [0.1, 0.15) is 5.56 Å². The average Bonchev–Trinajstić information content (AvgIpc) is 2.71. The third-order valence-corrected chi connectivity index (χ3v) is 4.69. The Bertz CT molecular complexity index is 553. The zero-order valence-corrected chi connectivity index (χ0v) is 13.8. The van der Waals surface area contributed by atoms with Crippen molar-refractivity contribution in [3.05, 3.63) is 38.9 Å². The molecule has 1 aromatic rings. The molecule has 1 aliphatic heterocycles. The molecule has 0 aliphatic carbocycles. The van der Waals surface area contributed by atoms with Gasteiger partial charge in [0.25, 0.3) is 11.6 Å². The monoisotopic (exact) mass is 374 g/mol. The Labute approximate surface area is 136 Å². The Morgan fingerprint density at radius 2 is 2.19 bits per heavy atom. The van der Waals surface area contributed by atoms with Crippen LogP contribution in [-0.2, 0) is 0 Å². The first-order chi connectivity index (χ1) is 10.0. The summed E-state index contributed by atoms with van der Waals surface area (Å²) in [6.45, 7) is 0.634. The molecule has 21 heavy (non-hydrogen) atoms. The van der Waals surface area contributed by atoms with Crippen molar-refractivity contribution in [2.45, 2.75) is 31.7 Å². The minimum atomic E-state index is -0.555. The van der Waals surface area contributed by atoms with Crippen molar-refractivity contribution in [1.82, 2.24) is 4.90 Å². The second kappa shape index (κ2) is 7.22. The molecule has 0 spiro atoms. The highest BCUT2D eigenvalue weighted by Gasteiger charge is 2.30. The van der Waals surface area contributed by atoms with Crippen LogP contribution in [0.25, 0.3) is 0 Å². The van der Waals surface area contributed by atoms with E-state index in [4.69, 9.17) is 11.6 Å². The molecule has 1 fully saturated rings. The maximum atomic E-state index is 12.7. The second-order valence-electron chi connectivity index (χ2n) is 5.07. The smallest absolute Gasteiger partial charge is 0.283 e. The third kappa shape index (κ3) is 3.74. The van der Waals surface area contributed by atoms with Gasteiger partial charge in [-0.25, -0.2) is 0 Å². The van der Waals surface area contributed by atoms with Crippen molar-refractivity contribution in [2.75, 3.05) is 11.9 Å². The second-order valence-corrected chi connectivity index (χ2v) is 6.16. The molecule has 7 heteroatoms. The molecule has 2 rings (SSSR count). The molecule has 1 unspecified atom stereocenters. The van der Waals surface area contributed by atoms with Gasteiger partial charge >= 0.3 is 0 Å². The van der Waals surface area contributed by atoms with E-state index in [0.717, 1.165) is 25.7 Å². The number of hydrogen-bond acceptors (Lipinski definition) is 3. The molecular formula is C14H16BrClN2O3. The van der Waals surface area contributed by atoms with Crippen molar-refractivity contribution in [3.63, 3.8) is 0 Å². The fraction of sp³-hybridized carbons (Fsp3) is 0.500. The van der Waals surface area contributed by atoms with E-state index in [9.17, 15) is 14.9 Å². The van der Waals surface area contributed by atoms with Crippen LogP contribution in [0.5, 0.6) is 0 Å². The van der Waals surface area contributed by atoms with Crippen molar-refractivity contribution in [1.29, 1.82) is 0 Å². The van der Waals surface area contributed by atoms with Crippen LogP contribution in [0.4, 0.5) is 5.69 Å². The highest BCUT2D eigenvalue weighted by Crippen LogP contribution is 2.27. The molecule has 0 N–H and O–H groups in total. The van der Waals surface area contributed by atoms with E-state index in [0.29, 0.717) is 11.9 Å². The first kappa shape index (κ1) is 16.2. The summed E-state index contributed by atoms with van der Waals surface area (Å²) < 4.78 is 0. The SMILES string of the molecule is O=C(c1ccc(Cl)cc1[N+](=O)[O-])N1CCCCCC1CBr. The molecule has 1 amide bonds. The van der Waals surface area contributed by atoms with Crippen molar-refractivity contribution in [3.8, 4) is 0 Å². The van der Waals surface area contributed by atoms with Gasteiger partial charge in [0, 0.05) is 29.0 Å². The fourth-order valence-corrected chi connectivity index (χ4v) is 3.44. The maximum absolute atomic E-state index is 12.7. The minimum Gasteiger partial charge on any atom is -0.335 e. The van der Waals surface area contributed by atoms with E-state index in [1.807, 2.05) is 0 Å². The molecule has 0 saturated carbocycles. The van der Waals surface area contributed by atoms with Crippen LogP contribution in [0.3, 0.4) is 0 Å². The number of rotatable bonds is 3. The van der Waals surface area contributed by atoms with E-state index in [1.54, 1.807) is 4.90 Å². The summed E-state index contributed by atoms with van der Waals surface area (Å²) in [6.07, 6.45) is 3.99. The number of amides is 1. The van der Waals surface area contributed by atoms with Gasteiger partial charge in [-0.3, -0.25) is 14.9 Å². The number of nitro benzene ring substituents is 1. The lowest BCUT2D eigenvalue weighted by Gasteiger charge is -2.28. The number of likely N-dealkylation sites (tertiary alicyclic amines) is 1. The lowest BCUT2D eigenvalue weighted by Crippen LogP contribution is -2.41. The molecule has 1 atom stereocenters. The Balaban J connectivity index is 2.36. The van der Waals surface area contributed by atoms with E-state index in [2.05, 4.69) is 15.9 Å². The highest BCUT2D eigenvalue weighted by atomic mass is 79.9. The van der Waals surface area contributed by atoms with Crippen LogP contribution in [0.1, 0.15) is 36.0 Å². The Morgan fingerprint density at radius 1 is 1.43 bits per heavy atom. The molecule has 0 aromatic heterocycles. The van der Waals surface area contributed by atoms with Gasteiger partial charge in [0.05, 0.1) is 4.92 Å². The van der Waals surface area contributed by atoms with E-state index >= 15 is 0 Å². The maximum Gasteiger partial charge on any atom is 0.283 e. The number of carbonyl (C=O) groups excluding carboxylic acids is 1. The van der Waals surface area contributed by atoms with Gasteiger partial charge in [-0.1, -0.05) is 40.4 Å². The summed E-state index contributed by atoms with van der Waals surface area (Å²) >= 11 is 9.23. The lowest BCUT2D eigenvalue weighted by molar-refractivity contribution is -0.385. The first-order valence-electron chi connectivity index (χ1n) is 6.85. The molecule has 1 heterocycles. The van der Waals surface area contributed by atoms with Crippen LogP contribution in [-0.4, -0.2) is 33.6 Å². The molecular weight excluding hydrogens is 360 g/mol. The number of carbonyl (C=O) groups is 1. The molecule has 1 aromatic carbocycles. The highest BCUT2D eigenvalue weighted by molar-refractivity contribution is 9.09. The Hall–Kier alpha value is -1.14. The topological polar surface area (TPSA) is 63.4 Å². The van der Waals surface area contributed by atoms with Crippen molar-refractivity contribution in [2.24, 2.45) is 0 Å². The Morgan fingerprint density at radius 3 is 2.86 bits per heavy atom. The van der Waals surface area contributed by atoms with Gasteiger partial charge in [-0.2, -0.15) is 0 Å². The van der Waals surface area contributed by atoms with Crippen LogP contribution < -0.4 is 0 Å². The third-order valence-electron chi connectivity index (χ3n) is 3.70. The van der Waals surface area contributed by atoms with Gasteiger partial charge in [-0.05, 0) is 25.0 Å². The molecule has 1 aliphatic rings. The van der Waals surface area contributed by atoms with Gasteiger partial charge in [0.2, 0.25) is 0 Å². The number of hydrogen-bond donors (Lipinski definition) is 0. The first-order valence-corrected chi connectivity index (χ1v) is 8.35. The molecule has 0 bridgehead atoms. The summed E-state index contributed by atoms with van der Waals surface area (Å²) in [5.74, 6) is -0.287. The number of nitrogens with zero attached hydrogens (tertiary/aromatic N) is 2. The predicted octanol–water partition coefficient (Wildman–Crippen LogP) is 4.03. The molecule has 114 valence electrons. The van der Waals surface area contributed by atoms with Crippen LogP contribution >= 0.6 is 27.5 Å². The quantitative estimate of drug-likeness (QED) is 0.455. The average molecular weight is 376 g/mol.